The van der Waals surface area contributed by atoms with E-state index in [0.29, 0.717) is 0 Å². The van der Waals surface area contributed by atoms with Gasteiger partial charge in [0, 0.05) is 17.3 Å². The van der Waals surface area contributed by atoms with E-state index in [1.54, 1.807) is 0 Å². The quantitative estimate of drug-likeness (QED) is 0.858. The molecule has 0 bridgehead atoms. The average molecular weight is 311 g/mol. The summed E-state index contributed by atoms with van der Waals surface area (Å²) in [6.07, 6.45) is 4.36. The summed E-state index contributed by atoms with van der Waals surface area (Å²) in [6.45, 7) is 2.02. The minimum Gasteiger partial charge on any atom is -0.398 e. The number of anilines is 1. The molecule has 2 rings (SSSR count). The van der Waals surface area contributed by atoms with Crippen LogP contribution in [0.5, 0.6) is 0 Å². The first-order chi connectivity index (χ1) is 9.54. The molecular formula is C13H17N3O2S2. The zero-order valence-electron chi connectivity index (χ0n) is 11.1. The number of rotatable bonds is 6. The van der Waals surface area contributed by atoms with Gasteiger partial charge in [0.2, 0.25) is 10.0 Å². The molecule has 0 fully saturated rings. The molecular weight excluding hydrogens is 294 g/mol. The third kappa shape index (κ3) is 3.36. The van der Waals surface area contributed by atoms with Crippen LogP contribution >= 0.6 is 11.3 Å². The Labute approximate surface area is 122 Å². The fourth-order valence-corrected chi connectivity index (χ4v) is 4.11. The maximum absolute atomic E-state index is 12.4. The van der Waals surface area contributed by atoms with Gasteiger partial charge in [-0.2, -0.15) is 0 Å². The number of nitrogen functional groups attached to an aromatic ring is 1. The van der Waals surface area contributed by atoms with Crippen LogP contribution in [0, 0.1) is 0 Å². The summed E-state index contributed by atoms with van der Waals surface area (Å²) in [4.78, 5) is 4.85. The third-order valence-electron chi connectivity index (χ3n) is 2.87. The van der Waals surface area contributed by atoms with Crippen molar-refractivity contribution in [3.63, 3.8) is 0 Å². The zero-order chi connectivity index (χ0) is 14.6. The summed E-state index contributed by atoms with van der Waals surface area (Å²) in [5, 5.41) is 1.94. The van der Waals surface area contributed by atoms with Gasteiger partial charge in [-0.3, -0.25) is 4.98 Å². The number of sulfonamides is 1. The van der Waals surface area contributed by atoms with E-state index in [9.17, 15) is 8.42 Å². The van der Waals surface area contributed by atoms with E-state index in [-0.39, 0.29) is 16.6 Å². The molecule has 2 aromatic rings. The number of thiophene rings is 1. The molecule has 0 radical (unpaired) electrons. The molecule has 0 amide bonds. The van der Waals surface area contributed by atoms with Crippen molar-refractivity contribution in [1.82, 2.24) is 9.71 Å². The smallest absolute Gasteiger partial charge is 0.244 e. The molecule has 0 saturated heterocycles. The van der Waals surface area contributed by atoms with Crippen molar-refractivity contribution in [1.29, 1.82) is 0 Å². The van der Waals surface area contributed by atoms with E-state index in [1.807, 2.05) is 24.4 Å². The molecule has 0 saturated carbocycles. The Morgan fingerprint density at radius 2 is 2.25 bits per heavy atom. The van der Waals surface area contributed by atoms with Crippen LogP contribution < -0.4 is 10.5 Å². The molecule has 0 spiro atoms. The molecule has 2 aromatic heterocycles. The normalized spacial score (nSPS) is 13.2. The molecule has 3 N–H and O–H groups in total. The molecule has 0 aromatic carbocycles. The second kappa shape index (κ2) is 6.34. The van der Waals surface area contributed by atoms with Crippen LogP contribution in [-0.4, -0.2) is 13.4 Å². The van der Waals surface area contributed by atoms with Crippen molar-refractivity contribution in [2.75, 3.05) is 5.73 Å². The van der Waals surface area contributed by atoms with Gasteiger partial charge in [0.25, 0.3) is 0 Å². The SMILES string of the molecule is CCCC(NS(=O)(=O)c1cnccc1N)c1cccs1. The minimum atomic E-state index is -3.67. The second-order valence-corrected chi connectivity index (χ2v) is 7.05. The van der Waals surface area contributed by atoms with Gasteiger partial charge >= 0.3 is 0 Å². The van der Waals surface area contributed by atoms with Crippen LogP contribution in [-0.2, 0) is 10.0 Å². The molecule has 0 aliphatic rings. The number of hydrogen-bond acceptors (Lipinski definition) is 5. The topological polar surface area (TPSA) is 85.1 Å². The van der Waals surface area contributed by atoms with Crippen LogP contribution in [0.15, 0.2) is 40.9 Å². The lowest BCUT2D eigenvalue weighted by Gasteiger charge is -2.17. The maximum Gasteiger partial charge on any atom is 0.244 e. The second-order valence-electron chi connectivity index (χ2n) is 4.39. The van der Waals surface area contributed by atoms with Crippen LogP contribution in [0.2, 0.25) is 0 Å². The molecule has 0 aliphatic heterocycles. The predicted octanol–water partition coefficient (Wildman–Crippen LogP) is 2.55. The molecule has 20 heavy (non-hydrogen) atoms. The summed E-state index contributed by atoms with van der Waals surface area (Å²) in [5.74, 6) is 0. The fourth-order valence-electron chi connectivity index (χ4n) is 1.90. The summed E-state index contributed by atoms with van der Waals surface area (Å²) < 4.78 is 27.5. The highest BCUT2D eigenvalue weighted by Crippen LogP contribution is 2.26. The van der Waals surface area contributed by atoms with Crippen molar-refractivity contribution in [3.8, 4) is 0 Å². The highest BCUT2D eigenvalue weighted by Gasteiger charge is 2.23. The molecule has 0 aliphatic carbocycles. The van der Waals surface area contributed by atoms with Gasteiger partial charge in [-0.15, -0.1) is 11.3 Å². The van der Waals surface area contributed by atoms with Crippen molar-refractivity contribution in [2.24, 2.45) is 0 Å². The van der Waals surface area contributed by atoms with Crippen LogP contribution in [0.4, 0.5) is 5.69 Å². The Hall–Kier alpha value is -1.44. The van der Waals surface area contributed by atoms with Crippen molar-refractivity contribution in [3.05, 3.63) is 40.8 Å². The maximum atomic E-state index is 12.4. The number of hydrogen-bond donors (Lipinski definition) is 2. The first kappa shape index (κ1) is 15.0. The molecule has 7 heteroatoms. The Kier molecular flexibility index (Phi) is 4.74. The molecule has 108 valence electrons. The lowest BCUT2D eigenvalue weighted by molar-refractivity contribution is 0.540. The van der Waals surface area contributed by atoms with Crippen LogP contribution in [0.25, 0.3) is 0 Å². The van der Waals surface area contributed by atoms with Crippen LogP contribution in [0.1, 0.15) is 30.7 Å². The monoisotopic (exact) mass is 311 g/mol. The third-order valence-corrected chi connectivity index (χ3v) is 5.37. The van der Waals surface area contributed by atoms with E-state index in [2.05, 4.69) is 9.71 Å². The largest absolute Gasteiger partial charge is 0.398 e. The molecule has 2 heterocycles. The fraction of sp³-hybridized carbons (Fsp3) is 0.308. The summed E-state index contributed by atoms with van der Waals surface area (Å²) in [7, 11) is -3.67. The molecule has 5 nitrogen and oxygen atoms in total. The van der Waals surface area contributed by atoms with Crippen molar-refractivity contribution < 1.29 is 8.42 Å². The summed E-state index contributed by atoms with van der Waals surface area (Å²) in [5.41, 5.74) is 5.92. The Bertz CT molecular complexity index is 654. The van der Waals surface area contributed by atoms with E-state index >= 15 is 0 Å². The highest BCUT2D eigenvalue weighted by atomic mass is 32.2. The van der Waals surface area contributed by atoms with Gasteiger partial charge in [0.1, 0.15) is 4.90 Å². The predicted molar refractivity (Wildman–Crippen MR) is 80.9 cm³/mol. The van der Waals surface area contributed by atoms with E-state index in [4.69, 9.17) is 5.73 Å². The van der Waals surface area contributed by atoms with Crippen LogP contribution in [0.3, 0.4) is 0 Å². The van der Waals surface area contributed by atoms with Gasteiger partial charge in [-0.05, 0) is 23.9 Å². The van der Waals surface area contributed by atoms with E-state index in [1.165, 1.54) is 29.8 Å². The highest BCUT2D eigenvalue weighted by molar-refractivity contribution is 7.89. The average Bonchev–Trinajstić information content (AvgIpc) is 2.92. The van der Waals surface area contributed by atoms with Gasteiger partial charge in [0.15, 0.2) is 0 Å². The van der Waals surface area contributed by atoms with Crippen molar-refractivity contribution in [2.45, 2.75) is 30.7 Å². The zero-order valence-corrected chi connectivity index (χ0v) is 12.7. The Morgan fingerprint density at radius 1 is 1.45 bits per heavy atom. The van der Waals surface area contributed by atoms with E-state index < -0.39 is 10.0 Å². The first-order valence-electron chi connectivity index (χ1n) is 6.30. The lowest BCUT2D eigenvalue weighted by atomic mass is 10.1. The van der Waals surface area contributed by atoms with E-state index in [0.717, 1.165) is 17.7 Å². The molecule has 1 atom stereocenters. The van der Waals surface area contributed by atoms with Crippen molar-refractivity contribution >= 4 is 27.0 Å². The number of nitrogens with one attached hydrogen (secondary N) is 1. The first-order valence-corrected chi connectivity index (χ1v) is 8.66. The van der Waals surface area contributed by atoms with Gasteiger partial charge in [-0.1, -0.05) is 19.4 Å². The summed E-state index contributed by atoms with van der Waals surface area (Å²) >= 11 is 1.54. The number of nitrogens with two attached hydrogens (primary N) is 1. The number of aromatic nitrogens is 1. The Balaban J connectivity index is 2.28. The number of pyridine rings is 1. The minimum absolute atomic E-state index is 0.0256. The standard InChI is InChI=1S/C13H17N3O2S2/c1-2-4-11(12-5-3-8-19-12)16-20(17,18)13-9-15-7-6-10(13)14/h3,5-9,11,16H,2,4H2,1H3,(H2,14,15). The Morgan fingerprint density at radius 3 is 2.85 bits per heavy atom. The summed E-state index contributed by atoms with van der Waals surface area (Å²) in [6, 6.07) is 5.09. The lowest BCUT2D eigenvalue weighted by Crippen LogP contribution is -2.28. The van der Waals surface area contributed by atoms with Gasteiger partial charge in [-0.25, -0.2) is 13.1 Å². The molecule has 1 unspecified atom stereocenters. The van der Waals surface area contributed by atoms with Gasteiger partial charge < -0.3 is 5.73 Å². The van der Waals surface area contributed by atoms with Gasteiger partial charge in [0.05, 0.1) is 11.7 Å². The number of nitrogens with zero attached hydrogens (tertiary/aromatic N) is 1.